The Bertz CT molecular complexity index is 95.4. The van der Waals surface area contributed by atoms with Crippen molar-refractivity contribution < 1.29 is 10.2 Å². The zero-order valence-corrected chi connectivity index (χ0v) is 6.51. The van der Waals surface area contributed by atoms with Gasteiger partial charge in [-0.15, -0.1) is 6.58 Å². The van der Waals surface area contributed by atoms with Crippen molar-refractivity contribution in [3.8, 4) is 0 Å². The van der Waals surface area contributed by atoms with Crippen LogP contribution in [0.5, 0.6) is 0 Å². The van der Waals surface area contributed by atoms with Crippen LogP contribution in [0.2, 0.25) is 0 Å². The van der Waals surface area contributed by atoms with Crippen LogP contribution in [0.3, 0.4) is 0 Å². The molecule has 0 bridgehead atoms. The summed E-state index contributed by atoms with van der Waals surface area (Å²) in [6.07, 6.45) is 1.73. The molecule has 0 aromatic heterocycles. The third-order valence-corrected chi connectivity index (χ3v) is 1.50. The third kappa shape index (κ3) is 4.53. The van der Waals surface area contributed by atoms with E-state index in [0.717, 1.165) is 18.4 Å². The van der Waals surface area contributed by atoms with Crippen molar-refractivity contribution in [3.05, 3.63) is 12.2 Å². The molecule has 0 aliphatic rings. The topological polar surface area (TPSA) is 40.5 Å². The number of aliphatic hydroxyl groups excluding tert-OH is 2. The molecular formula is C8H16O2. The van der Waals surface area contributed by atoms with E-state index in [0.29, 0.717) is 0 Å². The molecule has 0 saturated carbocycles. The maximum Gasteiger partial charge on any atom is 0.0481 e. The molecule has 0 radical (unpaired) electrons. The molecule has 2 nitrogen and oxygen atoms in total. The van der Waals surface area contributed by atoms with Gasteiger partial charge in [0.15, 0.2) is 0 Å². The first-order chi connectivity index (χ1) is 4.70. The molecule has 0 atom stereocenters. The Morgan fingerprint density at radius 1 is 1.40 bits per heavy atom. The normalized spacial score (nSPS) is 10.4. The van der Waals surface area contributed by atoms with Gasteiger partial charge in [0.1, 0.15) is 0 Å². The second kappa shape index (κ2) is 5.45. The molecule has 0 aromatic carbocycles. The second-order valence-electron chi connectivity index (χ2n) is 2.73. The van der Waals surface area contributed by atoms with Crippen molar-refractivity contribution in [1.82, 2.24) is 0 Å². The fourth-order valence-corrected chi connectivity index (χ4v) is 0.691. The summed E-state index contributed by atoms with van der Waals surface area (Å²) in [6.45, 7) is 5.83. The van der Waals surface area contributed by atoms with Gasteiger partial charge in [0.2, 0.25) is 0 Å². The Kier molecular flexibility index (Phi) is 5.26. The van der Waals surface area contributed by atoms with Gasteiger partial charge in [0.25, 0.3) is 0 Å². The lowest BCUT2D eigenvalue weighted by molar-refractivity contribution is 0.144. The molecule has 2 N–H and O–H groups in total. The van der Waals surface area contributed by atoms with Crippen molar-refractivity contribution in [3.63, 3.8) is 0 Å². The minimum atomic E-state index is 0.0386. The lowest BCUT2D eigenvalue weighted by Crippen LogP contribution is -2.10. The lowest BCUT2D eigenvalue weighted by Gasteiger charge is -2.09. The summed E-state index contributed by atoms with van der Waals surface area (Å²) < 4.78 is 0. The maximum atomic E-state index is 8.65. The molecule has 0 unspecified atom stereocenters. The van der Waals surface area contributed by atoms with E-state index >= 15 is 0 Å². The molecule has 0 rings (SSSR count). The van der Waals surface area contributed by atoms with Crippen LogP contribution < -0.4 is 0 Å². The van der Waals surface area contributed by atoms with Crippen LogP contribution in [0.25, 0.3) is 0 Å². The highest BCUT2D eigenvalue weighted by molar-refractivity contribution is 4.87. The van der Waals surface area contributed by atoms with Crippen molar-refractivity contribution in [1.29, 1.82) is 0 Å². The molecule has 0 amide bonds. The van der Waals surface area contributed by atoms with Crippen molar-refractivity contribution in [2.45, 2.75) is 19.8 Å². The molecule has 10 heavy (non-hydrogen) atoms. The molecule has 2 heteroatoms. The zero-order valence-electron chi connectivity index (χ0n) is 6.51. The first-order valence-corrected chi connectivity index (χ1v) is 3.56. The van der Waals surface area contributed by atoms with E-state index in [2.05, 4.69) is 6.58 Å². The highest BCUT2D eigenvalue weighted by Crippen LogP contribution is 2.08. The average molecular weight is 144 g/mol. The Labute approximate surface area is 62.2 Å². The average Bonchev–Trinajstić information content (AvgIpc) is 1.90. The van der Waals surface area contributed by atoms with E-state index in [4.69, 9.17) is 10.2 Å². The molecule has 0 aliphatic carbocycles. The maximum absolute atomic E-state index is 8.65. The van der Waals surface area contributed by atoms with Crippen LogP contribution in [-0.4, -0.2) is 23.4 Å². The van der Waals surface area contributed by atoms with Crippen molar-refractivity contribution in [2.24, 2.45) is 5.92 Å². The third-order valence-electron chi connectivity index (χ3n) is 1.50. The summed E-state index contributed by atoms with van der Waals surface area (Å²) in [5.41, 5.74) is 1.10. The van der Waals surface area contributed by atoms with Crippen LogP contribution in [0.4, 0.5) is 0 Å². The summed E-state index contributed by atoms with van der Waals surface area (Å²) in [5.74, 6) is 0.0386. The first kappa shape index (κ1) is 9.66. The predicted octanol–water partition coefficient (Wildman–Crippen LogP) is 0.944. The molecule has 0 fully saturated rings. The van der Waals surface area contributed by atoms with E-state index < -0.39 is 0 Å². The van der Waals surface area contributed by atoms with Gasteiger partial charge >= 0.3 is 0 Å². The minimum Gasteiger partial charge on any atom is -0.396 e. The van der Waals surface area contributed by atoms with Crippen molar-refractivity contribution in [2.75, 3.05) is 13.2 Å². The van der Waals surface area contributed by atoms with Crippen LogP contribution in [0, 0.1) is 5.92 Å². The number of allylic oxidation sites excluding steroid dienone is 1. The highest BCUT2D eigenvalue weighted by atomic mass is 16.3. The fourth-order valence-electron chi connectivity index (χ4n) is 0.691. The SMILES string of the molecule is C=C(C)CCC(CO)CO. The van der Waals surface area contributed by atoms with Gasteiger partial charge in [0.05, 0.1) is 0 Å². The summed E-state index contributed by atoms with van der Waals surface area (Å²) in [4.78, 5) is 0. The zero-order chi connectivity index (χ0) is 7.98. The summed E-state index contributed by atoms with van der Waals surface area (Å²) in [7, 11) is 0. The smallest absolute Gasteiger partial charge is 0.0481 e. The summed E-state index contributed by atoms with van der Waals surface area (Å²) in [6, 6.07) is 0. The largest absolute Gasteiger partial charge is 0.396 e. The first-order valence-electron chi connectivity index (χ1n) is 3.56. The number of aliphatic hydroxyl groups is 2. The van der Waals surface area contributed by atoms with Crippen LogP contribution >= 0.6 is 0 Å². The molecule has 0 aromatic rings. The van der Waals surface area contributed by atoms with E-state index in [9.17, 15) is 0 Å². The van der Waals surface area contributed by atoms with Gasteiger partial charge in [-0.05, 0) is 19.8 Å². The van der Waals surface area contributed by atoms with Gasteiger partial charge in [-0.2, -0.15) is 0 Å². The number of rotatable bonds is 5. The Balaban J connectivity index is 3.34. The van der Waals surface area contributed by atoms with Crippen LogP contribution in [0.15, 0.2) is 12.2 Å². The van der Waals surface area contributed by atoms with E-state index in [1.807, 2.05) is 6.92 Å². The Morgan fingerprint density at radius 3 is 2.20 bits per heavy atom. The van der Waals surface area contributed by atoms with E-state index in [1.165, 1.54) is 0 Å². The summed E-state index contributed by atoms with van der Waals surface area (Å²) >= 11 is 0. The van der Waals surface area contributed by atoms with Crippen LogP contribution in [0.1, 0.15) is 19.8 Å². The Hall–Kier alpha value is -0.340. The van der Waals surface area contributed by atoms with Crippen LogP contribution in [-0.2, 0) is 0 Å². The van der Waals surface area contributed by atoms with Gasteiger partial charge < -0.3 is 10.2 Å². The number of hydrogen-bond acceptors (Lipinski definition) is 2. The summed E-state index contributed by atoms with van der Waals surface area (Å²) in [5, 5.41) is 17.3. The molecule has 60 valence electrons. The van der Waals surface area contributed by atoms with E-state index in [-0.39, 0.29) is 19.1 Å². The van der Waals surface area contributed by atoms with Crippen molar-refractivity contribution >= 4 is 0 Å². The molecule has 0 saturated heterocycles. The van der Waals surface area contributed by atoms with Gasteiger partial charge in [-0.1, -0.05) is 5.57 Å². The lowest BCUT2D eigenvalue weighted by atomic mass is 10.0. The van der Waals surface area contributed by atoms with Gasteiger partial charge in [0, 0.05) is 19.1 Å². The van der Waals surface area contributed by atoms with E-state index in [1.54, 1.807) is 0 Å². The predicted molar refractivity (Wildman–Crippen MR) is 41.7 cm³/mol. The second-order valence-corrected chi connectivity index (χ2v) is 2.73. The monoisotopic (exact) mass is 144 g/mol. The quantitative estimate of drug-likeness (QED) is 0.564. The van der Waals surface area contributed by atoms with Gasteiger partial charge in [-0.3, -0.25) is 0 Å². The molecule has 0 spiro atoms. The Morgan fingerprint density at radius 2 is 1.90 bits per heavy atom. The molecular weight excluding hydrogens is 128 g/mol. The molecule has 0 heterocycles. The fraction of sp³-hybridized carbons (Fsp3) is 0.750. The minimum absolute atomic E-state index is 0.0386. The number of hydrogen-bond donors (Lipinski definition) is 2. The standard InChI is InChI=1S/C8H16O2/c1-7(2)3-4-8(5-9)6-10/h8-10H,1,3-6H2,2H3. The van der Waals surface area contributed by atoms with Gasteiger partial charge in [-0.25, -0.2) is 0 Å². The molecule has 0 aliphatic heterocycles. The highest BCUT2D eigenvalue weighted by Gasteiger charge is 2.04.